The van der Waals surface area contributed by atoms with Crippen molar-refractivity contribution >= 4 is 5.95 Å². The molecule has 3 rings (SSSR count). The molecule has 1 aromatic rings. The molecule has 1 N–H and O–H groups in total. The van der Waals surface area contributed by atoms with E-state index in [9.17, 15) is 9.50 Å². The van der Waals surface area contributed by atoms with Gasteiger partial charge in [0.1, 0.15) is 0 Å². The van der Waals surface area contributed by atoms with Gasteiger partial charge in [-0.05, 0) is 19.4 Å². The Kier molecular flexibility index (Phi) is 2.71. The average Bonchev–Trinajstić information content (AvgIpc) is 2.66. The van der Waals surface area contributed by atoms with Crippen LogP contribution in [0.4, 0.5) is 10.3 Å². The lowest BCUT2D eigenvalue weighted by molar-refractivity contribution is 0.131. The summed E-state index contributed by atoms with van der Waals surface area (Å²) in [6.07, 6.45) is 3.40. The molecule has 0 unspecified atom stereocenters. The highest BCUT2D eigenvalue weighted by atomic mass is 19.1. The Hall–Kier alpha value is -1.27. The molecule has 3 heterocycles. The van der Waals surface area contributed by atoms with Crippen LogP contribution in [-0.2, 0) is 0 Å². The molecular weight excluding hydrogens is 235 g/mol. The SMILES string of the molecule is CN1C[C@H](CO)CC12CN(c1ncc(F)cn1)C2. The molecular formula is C12H17FN4O. The van der Waals surface area contributed by atoms with Crippen molar-refractivity contribution in [3.05, 3.63) is 18.2 Å². The second-order valence-electron chi connectivity index (χ2n) is 5.41. The van der Waals surface area contributed by atoms with Crippen LogP contribution in [0.3, 0.4) is 0 Å². The van der Waals surface area contributed by atoms with Gasteiger partial charge in [0.25, 0.3) is 0 Å². The fraction of sp³-hybridized carbons (Fsp3) is 0.667. The van der Waals surface area contributed by atoms with Crippen molar-refractivity contribution in [2.75, 3.05) is 38.2 Å². The summed E-state index contributed by atoms with van der Waals surface area (Å²) >= 11 is 0. The summed E-state index contributed by atoms with van der Waals surface area (Å²) in [5.74, 6) is 0.543. The largest absolute Gasteiger partial charge is 0.396 e. The number of likely N-dealkylation sites (tertiary alicyclic amines) is 1. The van der Waals surface area contributed by atoms with Gasteiger partial charge in [-0.3, -0.25) is 4.90 Å². The predicted octanol–water partition coefficient (Wildman–Crippen LogP) is 0.118. The average molecular weight is 252 g/mol. The minimum absolute atomic E-state index is 0.144. The molecule has 0 bridgehead atoms. The third kappa shape index (κ3) is 1.76. The molecule has 1 aromatic heterocycles. The number of halogens is 1. The molecule has 1 atom stereocenters. The first kappa shape index (κ1) is 11.8. The van der Waals surface area contributed by atoms with Crippen LogP contribution >= 0.6 is 0 Å². The summed E-state index contributed by atoms with van der Waals surface area (Å²) in [7, 11) is 2.10. The van der Waals surface area contributed by atoms with E-state index in [0.29, 0.717) is 11.9 Å². The molecule has 0 aliphatic carbocycles. The van der Waals surface area contributed by atoms with Gasteiger partial charge in [-0.25, -0.2) is 14.4 Å². The second kappa shape index (κ2) is 4.13. The highest BCUT2D eigenvalue weighted by Crippen LogP contribution is 2.40. The molecule has 18 heavy (non-hydrogen) atoms. The highest BCUT2D eigenvalue weighted by Gasteiger charge is 2.52. The third-order valence-corrected chi connectivity index (χ3v) is 4.13. The van der Waals surface area contributed by atoms with Gasteiger partial charge in [-0.15, -0.1) is 0 Å². The van der Waals surface area contributed by atoms with Crippen LogP contribution < -0.4 is 4.90 Å². The van der Waals surface area contributed by atoms with Gasteiger partial charge < -0.3 is 10.0 Å². The molecule has 98 valence electrons. The van der Waals surface area contributed by atoms with Crippen molar-refractivity contribution < 1.29 is 9.50 Å². The van der Waals surface area contributed by atoms with Crippen molar-refractivity contribution in [3.8, 4) is 0 Å². The number of hydrogen-bond donors (Lipinski definition) is 1. The van der Waals surface area contributed by atoms with Crippen molar-refractivity contribution in [3.63, 3.8) is 0 Å². The van der Waals surface area contributed by atoms with E-state index in [-0.39, 0.29) is 12.1 Å². The van der Waals surface area contributed by atoms with Crippen molar-refractivity contribution in [2.24, 2.45) is 5.92 Å². The molecule has 0 saturated carbocycles. The molecule has 1 spiro atoms. The summed E-state index contributed by atoms with van der Waals surface area (Å²) < 4.78 is 12.7. The summed E-state index contributed by atoms with van der Waals surface area (Å²) in [6, 6.07) is 0. The van der Waals surface area contributed by atoms with Crippen LogP contribution in [0.15, 0.2) is 12.4 Å². The molecule has 2 aliphatic heterocycles. The number of rotatable bonds is 2. The van der Waals surface area contributed by atoms with Gasteiger partial charge in [-0.1, -0.05) is 0 Å². The Morgan fingerprint density at radius 1 is 1.44 bits per heavy atom. The number of aliphatic hydroxyl groups excluding tert-OH is 1. The number of aromatic nitrogens is 2. The van der Waals surface area contributed by atoms with Gasteiger partial charge >= 0.3 is 0 Å². The van der Waals surface area contributed by atoms with Gasteiger partial charge in [0.2, 0.25) is 5.95 Å². The van der Waals surface area contributed by atoms with Crippen LogP contribution in [0.5, 0.6) is 0 Å². The molecule has 6 heteroatoms. The van der Waals surface area contributed by atoms with Crippen molar-refractivity contribution in [2.45, 2.75) is 12.0 Å². The van der Waals surface area contributed by atoms with Crippen LogP contribution in [0.1, 0.15) is 6.42 Å². The first-order valence-corrected chi connectivity index (χ1v) is 6.17. The second-order valence-corrected chi connectivity index (χ2v) is 5.41. The first-order valence-electron chi connectivity index (χ1n) is 6.17. The molecule has 2 fully saturated rings. The van der Waals surface area contributed by atoms with Crippen LogP contribution in [-0.4, -0.2) is 58.8 Å². The Morgan fingerprint density at radius 3 is 2.67 bits per heavy atom. The number of likely N-dealkylation sites (N-methyl/N-ethyl adjacent to an activating group) is 1. The van der Waals surface area contributed by atoms with Crippen LogP contribution in [0, 0.1) is 11.7 Å². The monoisotopic (exact) mass is 252 g/mol. The normalized spacial score (nSPS) is 26.6. The number of nitrogens with zero attached hydrogens (tertiary/aromatic N) is 4. The van der Waals surface area contributed by atoms with E-state index < -0.39 is 5.82 Å². The lowest BCUT2D eigenvalue weighted by Crippen LogP contribution is -2.67. The maximum Gasteiger partial charge on any atom is 0.225 e. The maximum absolute atomic E-state index is 12.7. The molecule has 0 aromatic carbocycles. The zero-order chi connectivity index (χ0) is 12.8. The van der Waals surface area contributed by atoms with Gasteiger partial charge in [-0.2, -0.15) is 0 Å². The molecule has 5 nitrogen and oxygen atoms in total. The number of anilines is 1. The fourth-order valence-corrected chi connectivity index (χ4v) is 3.11. The van der Waals surface area contributed by atoms with Gasteiger partial charge in [0, 0.05) is 26.2 Å². The standard InChI is InChI=1S/C12H17FN4O/c1-16-5-9(6-18)2-12(16)7-17(8-12)11-14-3-10(13)4-15-11/h3-4,9,18H,2,5-8H2,1H3/t9-/m1/s1. The van der Waals surface area contributed by atoms with Crippen molar-refractivity contribution in [1.29, 1.82) is 0 Å². The Labute approximate surface area is 105 Å². The lowest BCUT2D eigenvalue weighted by Gasteiger charge is -2.51. The maximum atomic E-state index is 12.7. The zero-order valence-electron chi connectivity index (χ0n) is 10.4. The summed E-state index contributed by atoms with van der Waals surface area (Å²) in [5.41, 5.74) is 0.144. The van der Waals surface area contributed by atoms with E-state index in [2.05, 4.69) is 26.8 Å². The third-order valence-electron chi connectivity index (χ3n) is 4.13. The Bertz CT molecular complexity index is 432. The highest BCUT2D eigenvalue weighted by molar-refractivity contribution is 5.38. The van der Waals surface area contributed by atoms with E-state index in [1.807, 2.05) is 0 Å². The molecule has 2 aliphatic rings. The smallest absolute Gasteiger partial charge is 0.225 e. The van der Waals surface area contributed by atoms with E-state index in [1.165, 1.54) is 12.4 Å². The quantitative estimate of drug-likeness (QED) is 0.810. The lowest BCUT2D eigenvalue weighted by atomic mass is 9.85. The van der Waals surface area contributed by atoms with E-state index >= 15 is 0 Å². The summed E-state index contributed by atoms with van der Waals surface area (Å²) in [5, 5.41) is 9.24. The number of hydrogen-bond acceptors (Lipinski definition) is 5. The first-order chi connectivity index (χ1) is 8.63. The predicted molar refractivity (Wildman–Crippen MR) is 64.8 cm³/mol. The topological polar surface area (TPSA) is 52.5 Å². The minimum atomic E-state index is -0.410. The van der Waals surface area contributed by atoms with E-state index in [4.69, 9.17) is 0 Å². The van der Waals surface area contributed by atoms with Crippen LogP contribution in [0.2, 0.25) is 0 Å². The minimum Gasteiger partial charge on any atom is -0.396 e. The van der Waals surface area contributed by atoms with Crippen molar-refractivity contribution in [1.82, 2.24) is 14.9 Å². The van der Waals surface area contributed by atoms with Gasteiger partial charge in [0.15, 0.2) is 5.82 Å². The number of aliphatic hydroxyl groups is 1. The van der Waals surface area contributed by atoms with Gasteiger partial charge in [0.05, 0.1) is 17.9 Å². The fourth-order valence-electron chi connectivity index (χ4n) is 3.11. The van der Waals surface area contributed by atoms with E-state index in [0.717, 1.165) is 26.1 Å². The van der Waals surface area contributed by atoms with E-state index in [1.54, 1.807) is 0 Å². The molecule has 0 amide bonds. The zero-order valence-corrected chi connectivity index (χ0v) is 10.4. The molecule has 2 saturated heterocycles. The Morgan fingerprint density at radius 2 is 2.11 bits per heavy atom. The summed E-state index contributed by atoms with van der Waals surface area (Å²) in [6.45, 7) is 2.89. The van der Waals surface area contributed by atoms with Crippen LogP contribution in [0.25, 0.3) is 0 Å². The Balaban J connectivity index is 1.67. The summed E-state index contributed by atoms with van der Waals surface area (Å²) in [4.78, 5) is 12.3. The molecule has 0 radical (unpaired) electrons.